The van der Waals surface area contributed by atoms with E-state index in [9.17, 15) is 0 Å². The number of aromatic nitrogens is 1. The van der Waals surface area contributed by atoms with Crippen LogP contribution in [0.2, 0.25) is 5.02 Å². The fourth-order valence-corrected chi connectivity index (χ4v) is 5.12. The minimum Gasteiger partial charge on any atom is -0.405 e. The van der Waals surface area contributed by atoms with Crippen LogP contribution >= 0.6 is 47.1 Å². The third-order valence-electron chi connectivity index (χ3n) is 5.39. The molecule has 0 amide bonds. The zero-order chi connectivity index (χ0) is 28.0. The lowest BCUT2D eigenvalue weighted by molar-refractivity contribution is 0.154. The Bertz CT molecular complexity index is 1370. The van der Waals surface area contributed by atoms with Gasteiger partial charge in [-0.2, -0.15) is 0 Å². The van der Waals surface area contributed by atoms with Crippen LogP contribution in [0.1, 0.15) is 13.8 Å². The lowest BCUT2D eigenvalue weighted by Gasteiger charge is -2.27. The second kappa shape index (κ2) is 16.3. The van der Waals surface area contributed by atoms with Gasteiger partial charge < -0.3 is 15.2 Å². The van der Waals surface area contributed by atoms with E-state index >= 15 is 0 Å². The minimum atomic E-state index is 0.630. The molecule has 0 bridgehead atoms. The Labute approximate surface area is 249 Å². The molecule has 5 nitrogen and oxygen atoms in total. The van der Waals surface area contributed by atoms with Gasteiger partial charge in [0, 0.05) is 44.2 Å². The van der Waals surface area contributed by atoms with Crippen LogP contribution in [0.3, 0.4) is 0 Å². The zero-order valence-electron chi connectivity index (χ0n) is 21.9. The largest absolute Gasteiger partial charge is 0.405 e. The van der Waals surface area contributed by atoms with Gasteiger partial charge in [0.05, 0.1) is 17.3 Å². The van der Waals surface area contributed by atoms with Gasteiger partial charge in [-0.1, -0.05) is 60.1 Å². The van der Waals surface area contributed by atoms with Crippen molar-refractivity contribution in [1.29, 1.82) is 0 Å². The highest BCUT2D eigenvalue weighted by Gasteiger charge is 2.13. The van der Waals surface area contributed by atoms with Gasteiger partial charge in [0.1, 0.15) is 6.73 Å². The molecule has 0 unspecified atom stereocenters. The van der Waals surface area contributed by atoms with Crippen molar-refractivity contribution in [1.82, 2.24) is 4.98 Å². The second-order valence-corrected chi connectivity index (χ2v) is 11.1. The van der Waals surface area contributed by atoms with Crippen molar-refractivity contribution >= 4 is 69.2 Å². The molecule has 0 aliphatic carbocycles. The minimum absolute atomic E-state index is 0.630. The quantitative estimate of drug-likeness (QED) is 0.222. The van der Waals surface area contributed by atoms with Crippen LogP contribution in [0.5, 0.6) is 0 Å². The molecule has 204 valence electrons. The number of nitrogens with two attached hydrogens (primary N) is 1. The molecule has 1 aliphatic rings. The molecule has 3 aromatic carbocycles. The van der Waals surface area contributed by atoms with E-state index in [1.54, 1.807) is 23.9 Å². The molecule has 0 saturated carbocycles. The number of nitrogens with zero attached hydrogens (tertiary/aromatic N) is 2. The van der Waals surface area contributed by atoms with E-state index in [0.29, 0.717) is 11.8 Å². The Morgan fingerprint density at radius 3 is 2.54 bits per heavy atom. The van der Waals surface area contributed by atoms with Crippen molar-refractivity contribution in [2.45, 2.75) is 18.7 Å². The summed E-state index contributed by atoms with van der Waals surface area (Å²) in [7, 11) is 0. The summed E-state index contributed by atoms with van der Waals surface area (Å²) in [6.07, 6.45) is 4.93. The maximum absolute atomic E-state index is 6.55. The van der Waals surface area contributed by atoms with Crippen molar-refractivity contribution < 1.29 is 4.74 Å². The number of rotatable bonds is 5. The van der Waals surface area contributed by atoms with Gasteiger partial charge in [0.25, 0.3) is 0 Å². The summed E-state index contributed by atoms with van der Waals surface area (Å²) in [6, 6.07) is 24.7. The van der Waals surface area contributed by atoms with Crippen molar-refractivity contribution in [3.8, 4) is 11.3 Å². The number of fused-ring (bicyclic) bond motifs is 1. The Morgan fingerprint density at radius 2 is 1.87 bits per heavy atom. The number of pyridine rings is 1. The molecule has 0 spiro atoms. The molecule has 0 radical (unpaired) electrons. The summed E-state index contributed by atoms with van der Waals surface area (Å²) in [4.78, 5) is 5.75. The Kier molecular flexibility index (Phi) is 12.9. The monoisotopic (exact) mass is 598 g/mol. The Balaban J connectivity index is 0.000000466. The predicted octanol–water partition coefficient (Wildman–Crippen LogP) is 9.35. The van der Waals surface area contributed by atoms with Gasteiger partial charge >= 0.3 is 0 Å². The van der Waals surface area contributed by atoms with Crippen LogP contribution in [0.25, 0.3) is 22.0 Å². The number of halogens is 2. The van der Waals surface area contributed by atoms with E-state index in [1.807, 2.05) is 56.5 Å². The molecule has 4 aromatic rings. The molecule has 1 fully saturated rings. The standard InChI is InChI=1S/C24H20ClN3OS2.C4H7Cl.C2H5N/c25-23-10-5-18(15-22(23)24-21-4-2-1-3-17(21)11-12-26-24)27-31-20-8-6-19(7-9-20)28-16-29-13-14-30-28;1-3-4(2)5;1-2-3/h1-12,15,27H,13-14,16H2;3H,1-2H3;2H,1,3H2/b;4-3+;. The van der Waals surface area contributed by atoms with E-state index in [-0.39, 0.29) is 0 Å². The number of allylic oxidation sites excluding steroid dienone is 2. The first-order valence-electron chi connectivity index (χ1n) is 12.2. The van der Waals surface area contributed by atoms with E-state index in [1.165, 1.54) is 6.20 Å². The molecule has 5 rings (SSSR count). The normalized spacial score (nSPS) is 13.0. The summed E-state index contributed by atoms with van der Waals surface area (Å²) < 4.78 is 11.1. The van der Waals surface area contributed by atoms with Crippen molar-refractivity contribution in [3.63, 3.8) is 0 Å². The molecule has 39 heavy (non-hydrogen) atoms. The van der Waals surface area contributed by atoms with Crippen molar-refractivity contribution in [3.05, 3.63) is 108 Å². The first-order chi connectivity index (χ1) is 19.0. The molecule has 2 heterocycles. The fourth-order valence-electron chi connectivity index (χ4n) is 3.44. The van der Waals surface area contributed by atoms with Crippen LogP contribution in [0, 0.1) is 0 Å². The number of hydrogen-bond acceptors (Lipinski definition) is 7. The molecule has 1 aromatic heterocycles. The zero-order valence-corrected chi connectivity index (χ0v) is 25.1. The van der Waals surface area contributed by atoms with Gasteiger partial charge in [-0.15, -0.1) is 0 Å². The van der Waals surface area contributed by atoms with Crippen LogP contribution in [0.15, 0.2) is 108 Å². The maximum atomic E-state index is 6.55. The highest BCUT2D eigenvalue weighted by molar-refractivity contribution is 8.00. The highest BCUT2D eigenvalue weighted by atomic mass is 35.5. The average molecular weight is 600 g/mol. The molecule has 0 atom stereocenters. The third-order valence-corrected chi connectivity index (χ3v) is 7.76. The summed E-state index contributed by atoms with van der Waals surface area (Å²) in [5, 5.41) is 3.77. The Hall–Kier alpha value is -2.81. The molecular formula is C30H32Cl2N4OS2. The predicted molar refractivity (Wildman–Crippen MR) is 174 cm³/mol. The number of hydrogen-bond donors (Lipinski definition) is 2. The number of nitrogens with one attached hydrogen (secondary N) is 1. The maximum Gasteiger partial charge on any atom is 0.129 e. The van der Waals surface area contributed by atoms with E-state index in [4.69, 9.17) is 27.9 Å². The SMILES string of the molecule is C/C=C(\C)Cl.C=CN.Clc1ccc(NSc2ccc(N3COCCS3)cc2)cc1-c1nccc2ccccc12. The second-order valence-electron chi connectivity index (χ2n) is 8.13. The first kappa shape index (κ1) is 30.7. The smallest absolute Gasteiger partial charge is 0.129 e. The van der Waals surface area contributed by atoms with Crippen molar-refractivity contribution in [2.75, 3.05) is 28.1 Å². The highest BCUT2D eigenvalue weighted by Crippen LogP contribution is 2.35. The van der Waals surface area contributed by atoms with Crippen LogP contribution < -0.4 is 14.8 Å². The van der Waals surface area contributed by atoms with Crippen LogP contribution in [-0.4, -0.2) is 24.1 Å². The summed E-state index contributed by atoms with van der Waals surface area (Å²) in [6.45, 7) is 8.34. The topological polar surface area (TPSA) is 63.4 Å². The van der Waals surface area contributed by atoms with Crippen molar-refractivity contribution in [2.24, 2.45) is 5.73 Å². The van der Waals surface area contributed by atoms with Gasteiger partial charge in [-0.05, 0) is 97.9 Å². The lowest BCUT2D eigenvalue weighted by atomic mass is 10.0. The van der Waals surface area contributed by atoms with Crippen LogP contribution in [-0.2, 0) is 4.74 Å². The molecule has 1 saturated heterocycles. The first-order valence-corrected chi connectivity index (χ1v) is 14.7. The number of ether oxygens (including phenoxy) is 1. The number of anilines is 2. The third kappa shape index (κ3) is 9.41. The van der Waals surface area contributed by atoms with Crippen LogP contribution in [0.4, 0.5) is 11.4 Å². The average Bonchev–Trinajstić information content (AvgIpc) is 2.98. The van der Waals surface area contributed by atoms with E-state index < -0.39 is 0 Å². The van der Waals surface area contributed by atoms with Gasteiger partial charge in [0.15, 0.2) is 0 Å². The van der Waals surface area contributed by atoms with Gasteiger partial charge in [-0.25, -0.2) is 0 Å². The fraction of sp³-hybridized carbons (Fsp3) is 0.167. The number of benzene rings is 3. The molecule has 3 N–H and O–H groups in total. The van der Waals surface area contributed by atoms with E-state index in [0.717, 1.165) is 55.7 Å². The van der Waals surface area contributed by atoms with E-state index in [2.05, 4.69) is 68.8 Å². The van der Waals surface area contributed by atoms with Gasteiger partial charge in [-0.3, -0.25) is 9.29 Å². The molecule has 9 heteroatoms. The lowest BCUT2D eigenvalue weighted by Crippen LogP contribution is -2.25. The summed E-state index contributed by atoms with van der Waals surface area (Å²) >= 11 is 15.2. The van der Waals surface area contributed by atoms with Gasteiger partial charge in [0.2, 0.25) is 0 Å². The summed E-state index contributed by atoms with van der Waals surface area (Å²) in [5.41, 5.74) is 8.55. The molecule has 1 aliphatic heterocycles. The Morgan fingerprint density at radius 1 is 1.15 bits per heavy atom. The molecular weight excluding hydrogens is 567 g/mol. The summed E-state index contributed by atoms with van der Waals surface area (Å²) in [5.74, 6) is 0.989.